The molecule has 1 fully saturated rings. The molecule has 1 aliphatic carbocycles. The van der Waals surface area contributed by atoms with Crippen LogP contribution in [0.3, 0.4) is 0 Å². The number of ketones is 1. The third kappa shape index (κ3) is 1.97. The van der Waals surface area contributed by atoms with Crippen LogP contribution in [0.4, 0.5) is 0 Å². The van der Waals surface area contributed by atoms with Crippen LogP contribution >= 0.6 is 0 Å². The van der Waals surface area contributed by atoms with Crippen molar-refractivity contribution in [1.82, 2.24) is 4.90 Å². The normalized spacial score (nSPS) is 29.9. The summed E-state index contributed by atoms with van der Waals surface area (Å²) in [5, 5.41) is 32.7. The zero-order valence-corrected chi connectivity index (χ0v) is 12.2. The quantitative estimate of drug-likeness (QED) is 0.614. The SMILES string of the molecule is O=C1c2ccccc2[C@]2([N+](=O)[O-])CN(CCO)C[C@@]1([N+](=O)[O-])C2. The Morgan fingerprint density at radius 1 is 1.13 bits per heavy atom. The monoisotopic (exact) mass is 321 g/mol. The molecule has 1 aliphatic heterocycles. The number of nitrogens with zero attached hydrogens (tertiary/aromatic N) is 3. The lowest BCUT2D eigenvalue weighted by Crippen LogP contribution is -2.69. The van der Waals surface area contributed by atoms with Crippen molar-refractivity contribution in [3.05, 3.63) is 55.6 Å². The van der Waals surface area contributed by atoms with Gasteiger partial charge in [0.1, 0.15) is 6.42 Å². The molecule has 1 saturated heterocycles. The lowest BCUT2D eigenvalue weighted by molar-refractivity contribution is -0.623. The summed E-state index contributed by atoms with van der Waals surface area (Å²) in [5.41, 5.74) is -3.49. The second-order valence-corrected chi connectivity index (χ2v) is 6.06. The molecule has 1 aromatic rings. The first-order chi connectivity index (χ1) is 10.9. The number of Topliss-reactive ketones (excluding diaryl/α,β-unsaturated/α-hetero) is 1. The molecule has 1 heterocycles. The van der Waals surface area contributed by atoms with Crippen molar-refractivity contribution in [2.75, 3.05) is 26.2 Å². The second kappa shape index (κ2) is 5.07. The Hall–Kier alpha value is -2.39. The maximum Gasteiger partial charge on any atom is 0.303 e. The number of aliphatic hydroxyl groups excluding tert-OH is 1. The first-order valence-corrected chi connectivity index (χ1v) is 7.14. The van der Waals surface area contributed by atoms with Crippen LogP contribution in [0.25, 0.3) is 0 Å². The van der Waals surface area contributed by atoms with E-state index >= 15 is 0 Å². The molecule has 0 radical (unpaired) electrons. The predicted octanol–water partition coefficient (Wildman–Crippen LogP) is 0.0684. The maximum absolute atomic E-state index is 12.8. The topological polar surface area (TPSA) is 127 Å². The Balaban J connectivity index is 2.27. The zero-order valence-electron chi connectivity index (χ0n) is 12.2. The van der Waals surface area contributed by atoms with Gasteiger partial charge < -0.3 is 5.11 Å². The van der Waals surface area contributed by atoms with Crippen molar-refractivity contribution in [1.29, 1.82) is 0 Å². The highest BCUT2D eigenvalue weighted by atomic mass is 16.6. The summed E-state index contributed by atoms with van der Waals surface area (Å²) in [6.45, 7) is -0.554. The number of nitro groups is 2. The molecule has 9 heteroatoms. The first kappa shape index (κ1) is 15.5. The molecular formula is C14H15N3O6. The fourth-order valence-electron chi connectivity index (χ4n) is 3.79. The van der Waals surface area contributed by atoms with Gasteiger partial charge in [-0.15, -0.1) is 0 Å². The molecule has 9 nitrogen and oxygen atoms in total. The van der Waals surface area contributed by atoms with Crippen LogP contribution in [0.2, 0.25) is 0 Å². The standard InChI is InChI=1S/C14H15N3O6/c18-6-5-15-8-13(16(20)21)7-14(9-15,17(22)23)12(19)10-3-1-2-4-11(10)13/h1-4,18H,5-9H2/t13-,14+/m1/s1. The van der Waals surface area contributed by atoms with Gasteiger partial charge in [-0.25, -0.2) is 0 Å². The number of β-amino-alcohol motifs (C(OH)–C–C–N with tert-alkyl or cyclic N) is 1. The lowest BCUT2D eigenvalue weighted by Gasteiger charge is -2.45. The van der Waals surface area contributed by atoms with Crippen molar-refractivity contribution in [3.8, 4) is 0 Å². The molecule has 0 spiro atoms. The molecule has 2 bridgehead atoms. The van der Waals surface area contributed by atoms with Gasteiger partial charge in [0.25, 0.3) is 5.54 Å². The number of carbonyl (C=O) groups is 1. The molecule has 1 N–H and O–H groups in total. The number of carbonyl (C=O) groups excluding carboxylic acids is 1. The molecule has 2 aliphatic rings. The number of hydrogen-bond donors (Lipinski definition) is 1. The number of fused-ring (bicyclic) bond motifs is 4. The van der Waals surface area contributed by atoms with E-state index in [0.717, 1.165) is 0 Å². The summed E-state index contributed by atoms with van der Waals surface area (Å²) in [5.74, 6) is -0.696. The van der Waals surface area contributed by atoms with Gasteiger partial charge in [0.05, 0.1) is 19.7 Å². The van der Waals surface area contributed by atoms with Crippen LogP contribution in [-0.4, -0.2) is 57.4 Å². The summed E-state index contributed by atoms with van der Waals surface area (Å²) in [7, 11) is 0. The molecular weight excluding hydrogens is 306 g/mol. The largest absolute Gasteiger partial charge is 0.395 e. The van der Waals surface area contributed by atoms with Crippen LogP contribution in [0.5, 0.6) is 0 Å². The predicted molar refractivity (Wildman–Crippen MR) is 77.3 cm³/mol. The summed E-state index contributed by atoms with van der Waals surface area (Å²) in [6.07, 6.45) is -0.461. The molecule has 0 amide bonds. The summed E-state index contributed by atoms with van der Waals surface area (Å²) in [6, 6.07) is 6.03. The third-order valence-corrected chi connectivity index (χ3v) is 4.77. The van der Waals surface area contributed by atoms with Crippen molar-refractivity contribution in [2.24, 2.45) is 0 Å². The van der Waals surface area contributed by atoms with Crippen LogP contribution in [-0.2, 0) is 5.54 Å². The zero-order chi connectivity index (χ0) is 16.8. The number of hydrogen-bond acceptors (Lipinski definition) is 7. The average molecular weight is 321 g/mol. The fraction of sp³-hybridized carbons (Fsp3) is 0.500. The number of rotatable bonds is 4. The average Bonchev–Trinajstić information content (AvgIpc) is 2.52. The van der Waals surface area contributed by atoms with E-state index in [1.807, 2.05) is 0 Å². The molecule has 1 aromatic carbocycles. The van der Waals surface area contributed by atoms with Crippen LogP contribution in [0.1, 0.15) is 22.3 Å². The fourth-order valence-corrected chi connectivity index (χ4v) is 3.79. The van der Waals surface area contributed by atoms with Crippen molar-refractivity contribution in [3.63, 3.8) is 0 Å². The molecule has 0 saturated carbocycles. The highest BCUT2D eigenvalue weighted by Crippen LogP contribution is 2.47. The summed E-state index contributed by atoms with van der Waals surface area (Å²) >= 11 is 0. The van der Waals surface area contributed by atoms with Gasteiger partial charge in [-0.1, -0.05) is 24.3 Å². The van der Waals surface area contributed by atoms with Crippen molar-refractivity contribution >= 4 is 5.78 Å². The smallest absolute Gasteiger partial charge is 0.303 e. The van der Waals surface area contributed by atoms with Crippen molar-refractivity contribution in [2.45, 2.75) is 17.5 Å². The molecule has 122 valence electrons. The summed E-state index contributed by atoms with van der Waals surface area (Å²) < 4.78 is 0. The van der Waals surface area contributed by atoms with Crippen molar-refractivity contribution < 1.29 is 19.7 Å². The highest BCUT2D eigenvalue weighted by Gasteiger charge is 2.70. The molecule has 2 atom stereocenters. The number of benzene rings is 1. The minimum absolute atomic E-state index is 0.0423. The van der Waals surface area contributed by atoms with Crippen LogP contribution in [0, 0.1) is 20.2 Å². The van der Waals surface area contributed by atoms with Gasteiger partial charge in [-0.05, 0) is 0 Å². The number of piperidine rings is 1. The summed E-state index contributed by atoms with van der Waals surface area (Å²) in [4.78, 5) is 36.5. The van der Waals surface area contributed by atoms with Crippen LogP contribution < -0.4 is 0 Å². The molecule has 0 unspecified atom stereocenters. The molecule has 3 rings (SSSR count). The van der Waals surface area contributed by atoms with Crippen LogP contribution in [0.15, 0.2) is 24.3 Å². The van der Waals surface area contributed by atoms with Gasteiger partial charge in [0, 0.05) is 27.5 Å². The number of likely N-dealkylation sites (tertiary alicyclic amines) is 1. The van der Waals surface area contributed by atoms with Gasteiger partial charge in [0.2, 0.25) is 5.78 Å². The first-order valence-electron chi connectivity index (χ1n) is 7.14. The van der Waals surface area contributed by atoms with Gasteiger partial charge in [-0.3, -0.25) is 29.9 Å². The van der Waals surface area contributed by atoms with Gasteiger partial charge in [0.15, 0.2) is 0 Å². The van der Waals surface area contributed by atoms with E-state index in [4.69, 9.17) is 5.11 Å². The Kier molecular flexibility index (Phi) is 3.42. The van der Waals surface area contributed by atoms with Gasteiger partial charge >= 0.3 is 5.54 Å². The van der Waals surface area contributed by atoms with E-state index < -0.39 is 33.1 Å². The number of aliphatic hydroxyl groups is 1. The minimum atomic E-state index is -2.05. The molecule has 23 heavy (non-hydrogen) atoms. The third-order valence-electron chi connectivity index (χ3n) is 4.77. The van der Waals surface area contributed by atoms with Gasteiger partial charge in [-0.2, -0.15) is 0 Å². The second-order valence-electron chi connectivity index (χ2n) is 6.06. The van der Waals surface area contributed by atoms with E-state index in [2.05, 4.69) is 0 Å². The lowest BCUT2D eigenvalue weighted by atomic mass is 9.64. The Morgan fingerprint density at radius 2 is 1.74 bits per heavy atom. The van der Waals surface area contributed by atoms with E-state index in [0.29, 0.717) is 0 Å². The van der Waals surface area contributed by atoms with E-state index in [-0.39, 0.29) is 37.4 Å². The molecule has 0 aromatic heterocycles. The highest BCUT2D eigenvalue weighted by molar-refractivity contribution is 6.05. The Bertz CT molecular complexity index is 708. The maximum atomic E-state index is 12.8. The Morgan fingerprint density at radius 3 is 2.35 bits per heavy atom. The minimum Gasteiger partial charge on any atom is -0.395 e. The Labute approximate surface area is 130 Å². The van der Waals surface area contributed by atoms with E-state index in [9.17, 15) is 25.0 Å². The van der Waals surface area contributed by atoms with E-state index in [1.54, 1.807) is 12.1 Å². The van der Waals surface area contributed by atoms with E-state index in [1.165, 1.54) is 17.0 Å².